The molecule has 2 rings (SSSR count). The molecule has 0 bridgehead atoms. The lowest BCUT2D eigenvalue weighted by Gasteiger charge is -2.17. The average molecular weight is 314 g/mol. The summed E-state index contributed by atoms with van der Waals surface area (Å²) in [5, 5.41) is 1.03. The van der Waals surface area contributed by atoms with Crippen molar-refractivity contribution < 1.29 is 9.13 Å². The van der Waals surface area contributed by atoms with Crippen molar-refractivity contribution in [1.82, 2.24) is 0 Å². The van der Waals surface area contributed by atoms with Gasteiger partial charge >= 0.3 is 0 Å². The number of halogens is 3. The second-order valence-electron chi connectivity index (χ2n) is 4.37. The minimum Gasteiger partial charge on any atom is -0.496 e. The number of rotatable bonds is 4. The smallest absolute Gasteiger partial charge is 0.131 e. The SMILES string of the molecule is COc1cccc(F)c1C(N)Cc1c(Cl)cccc1Cl. The average Bonchev–Trinajstić information content (AvgIpc) is 2.42. The van der Waals surface area contributed by atoms with Gasteiger partial charge in [-0.2, -0.15) is 0 Å². The highest BCUT2D eigenvalue weighted by Gasteiger charge is 2.19. The monoisotopic (exact) mass is 313 g/mol. The molecule has 0 aliphatic rings. The summed E-state index contributed by atoms with van der Waals surface area (Å²) in [6, 6.07) is 9.22. The maximum atomic E-state index is 14.0. The zero-order valence-electron chi connectivity index (χ0n) is 10.9. The first-order valence-electron chi connectivity index (χ1n) is 6.05. The maximum absolute atomic E-state index is 14.0. The molecule has 0 saturated carbocycles. The molecule has 0 saturated heterocycles. The molecule has 2 aromatic rings. The lowest BCUT2D eigenvalue weighted by atomic mass is 9.98. The Hall–Kier alpha value is -1.29. The molecule has 106 valence electrons. The second kappa shape index (κ2) is 6.44. The Morgan fingerprint density at radius 3 is 2.35 bits per heavy atom. The first kappa shape index (κ1) is 15.1. The van der Waals surface area contributed by atoms with Gasteiger partial charge in [-0.05, 0) is 36.2 Å². The molecule has 0 aliphatic heterocycles. The van der Waals surface area contributed by atoms with E-state index < -0.39 is 11.9 Å². The van der Waals surface area contributed by atoms with Crippen LogP contribution in [0, 0.1) is 5.82 Å². The Labute approximate surface area is 127 Å². The van der Waals surface area contributed by atoms with E-state index in [-0.39, 0.29) is 0 Å². The molecule has 0 aromatic heterocycles. The molecule has 20 heavy (non-hydrogen) atoms. The van der Waals surface area contributed by atoms with Crippen molar-refractivity contribution in [3.05, 3.63) is 63.4 Å². The lowest BCUT2D eigenvalue weighted by molar-refractivity contribution is 0.399. The molecule has 0 amide bonds. The molecule has 2 N–H and O–H groups in total. The summed E-state index contributed by atoms with van der Waals surface area (Å²) in [5.41, 5.74) is 7.13. The summed E-state index contributed by atoms with van der Waals surface area (Å²) in [4.78, 5) is 0. The molecule has 2 aromatic carbocycles. The van der Waals surface area contributed by atoms with Crippen molar-refractivity contribution in [3.63, 3.8) is 0 Å². The number of nitrogens with two attached hydrogens (primary N) is 1. The quantitative estimate of drug-likeness (QED) is 0.909. The summed E-state index contributed by atoms with van der Waals surface area (Å²) in [7, 11) is 1.48. The van der Waals surface area contributed by atoms with E-state index in [0.29, 0.717) is 33.3 Å². The van der Waals surface area contributed by atoms with E-state index in [0.717, 1.165) is 0 Å². The topological polar surface area (TPSA) is 35.2 Å². The van der Waals surface area contributed by atoms with Crippen LogP contribution in [0.3, 0.4) is 0 Å². The Kier molecular flexibility index (Phi) is 4.86. The normalized spacial score (nSPS) is 12.2. The van der Waals surface area contributed by atoms with Crippen LogP contribution in [0.5, 0.6) is 5.75 Å². The van der Waals surface area contributed by atoms with Gasteiger partial charge in [-0.25, -0.2) is 4.39 Å². The number of methoxy groups -OCH3 is 1. The van der Waals surface area contributed by atoms with Crippen molar-refractivity contribution in [2.24, 2.45) is 5.73 Å². The van der Waals surface area contributed by atoms with E-state index in [4.69, 9.17) is 33.7 Å². The molecule has 5 heteroatoms. The van der Waals surface area contributed by atoms with Crippen LogP contribution in [0.2, 0.25) is 10.0 Å². The van der Waals surface area contributed by atoms with Crippen molar-refractivity contribution >= 4 is 23.2 Å². The van der Waals surface area contributed by atoms with Crippen molar-refractivity contribution in [2.45, 2.75) is 12.5 Å². The third-order valence-corrected chi connectivity index (χ3v) is 3.80. The Morgan fingerprint density at radius 1 is 1.15 bits per heavy atom. The van der Waals surface area contributed by atoms with Gasteiger partial charge in [0.2, 0.25) is 0 Å². The third kappa shape index (κ3) is 3.06. The fourth-order valence-corrected chi connectivity index (χ4v) is 2.66. The standard InChI is InChI=1S/C15H14Cl2FNO/c1-20-14-7-3-6-12(18)15(14)13(19)8-9-10(16)4-2-5-11(9)17/h2-7,13H,8,19H2,1H3. The Bertz CT molecular complexity index is 599. The summed E-state index contributed by atoms with van der Waals surface area (Å²) in [5.74, 6) is 0.0145. The summed E-state index contributed by atoms with van der Waals surface area (Å²) in [6.45, 7) is 0. The van der Waals surface area contributed by atoms with Gasteiger partial charge in [-0.3, -0.25) is 0 Å². The number of hydrogen-bond acceptors (Lipinski definition) is 2. The van der Waals surface area contributed by atoms with Gasteiger partial charge in [0.25, 0.3) is 0 Å². The van der Waals surface area contributed by atoms with Crippen LogP contribution >= 0.6 is 23.2 Å². The molecule has 2 nitrogen and oxygen atoms in total. The van der Waals surface area contributed by atoms with E-state index in [9.17, 15) is 4.39 Å². The first-order chi connectivity index (χ1) is 9.54. The van der Waals surface area contributed by atoms with Crippen LogP contribution in [0.15, 0.2) is 36.4 Å². The van der Waals surface area contributed by atoms with Crippen molar-refractivity contribution in [1.29, 1.82) is 0 Å². The summed E-state index contributed by atoms with van der Waals surface area (Å²) in [6.07, 6.45) is 0.329. The molecule has 0 aliphatic carbocycles. The molecule has 0 fully saturated rings. The second-order valence-corrected chi connectivity index (χ2v) is 5.18. The molecule has 0 spiro atoms. The molecular formula is C15H14Cl2FNO. The van der Waals surface area contributed by atoms with Gasteiger partial charge in [0, 0.05) is 21.7 Å². The largest absolute Gasteiger partial charge is 0.496 e. The van der Waals surface area contributed by atoms with Crippen LogP contribution in [-0.2, 0) is 6.42 Å². The first-order valence-corrected chi connectivity index (χ1v) is 6.81. The van der Waals surface area contributed by atoms with Crippen molar-refractivity contribution in [2.75, 3.05) is 7.11 Å². The predicted octanol–water partition coefficient (Wildman–Crippen LogP) is 4.38. The van der Waals surface area contributed by atoms with Crippen LogP contribution in [0.4, 0.5) is 4.39 Å². The predicted molar refractivity (Wildman–Crippen MR) is 80.0 cm³/mol. The fourth-order valence-electron chi connectivity index (χ4n) is 2.10. The van der Waals surface area contributed by atoms with Gasteiger partial charge in [-0.15, -0.1) is 0 Å². The van der Waals surface area contributed by atoms with Gasteiger partial charge in [0.1, 0.15) is 11.6 Å². The highest BCUT2D eigenvalue weighted by atomic mass is 35.5. The van der Waals surface area contributed by atoms with Crippen LogP contribution in [-0.4, -0.2) is 7.11 Å². The molecular weight excluding hydrogens is 300 g/mol. The Balaban J connectivity index is 2.36. The summed E-state index contributed by atoms with van der Waals surface area (Å²) >= 11 is 12.2. The van der Waals surface area contributed by atoms with E-state index in [1.165, 1.54) is 13.2 Å². The highest BCUT2D eigenvalue weighted by molar-refractivity contribution is 6.36. The maximum Gasteiger partial charge on any atom is 0.131 e. The number of ether oxygens (including phenoxy) is 1. The van der Waals surface area contributed by atoms with E-state index in [1.807, 2.05) is 0 Å². The van der Waals surface area contributed by atoms with Gasteiger partial charge in [0.05, 0.1) is 7.11 Å². The fraction of sp³-hybridized carbons (Fsp3) is 0.200. The minimum absolute atomic E-state index is 0.325. The molecule has 1 atom stereocenters. The summed E-state index contributed by atoms with van der Waals surface area (Å²) < 4.78 is 19.1. The minimum atomic E-state index is -0.594. The van der Waals surface area contributed by atoms with Gasteiger partial charge in [-0.1, -0.05) is 35.3 Å². The lowest BCUT2D eigenvalue weighted by Crippen LogP contribution is -2.16. The Morgan fingerprint density at radius 2 is 1.75 bits per heavy atom. The zero-order valence-corrected chi connectivity index (χ0v) is 12.4. The van der Waals surface area contributed by atoms with E-state index >= 15 is 0 Å². The van der Waals surface area contributed by atoms with Crippen LogP contribution in [0.25, 0.3) is 0 Å². The zero-order chi connectivity index (χ0) is 14.7. The number of hydrogen-bond donors (Lipinski definition) is 1. The molecule has 0 heterocycles. The van der Waals surface area contributed by atoms with Crippen molar-refractivity contribution in [3.8, 4) is 5.75 Å². The highest BCUT2D eigenvalue weighted by Crippen LogP contribution is 2.32. The third-order valence-electron chi connectivity index (χ3n) is 3.09. The molecule has 1 unspecified atom stereocenters. The molecule has 0 radical (unpaired) electrons. The number of benzene rings is 2. The van der Waals surface area contributed by atoms with Crippen LogP contribution < -0.4 is 10.5 Å². The van der Waals surface area contributed by atoms with Gasteiger partial charge < -0.3 is 10.5 Å². The van der Waals surface area contributed by atoms with Crippen LogP contribution in [0.1, 0.15) is 17.2 Å². The van der Waals surface area contributed by atoms with Gasteiger partial charge in [0.15, 0.2) is 0 Å². The van der Waals surface area contributed by atoms with E-state index in [2.05, 4.69) is 0 Å². The van der Waals surface area contributed by atoms with E-state index in [1.54, 1.807) is 30.3 Å².